The van der Waals surface area contributed by atoms with Gasteiger partial charge in [-0.15, -0.1) is 0 Å². The molecule has 1 aliphatic heterocycles. The van der Waals surface area contributed by atoms with E-state index in [0.29, 0.717) is 26.2 Å². The van der Waals surface area contributed by atoms with Gasteiger partial charge in [0.2, 0.25) is 5.91 Å². The van der Waals surface area contributed by atoms with Gasteiger partial charge in [0.15, 0.2) is 0 Å². The lowest BCUT2D eigenvalue weighted by molar-refractivity contribution is -0.121. The van der Waals surface area contributed by atoms with Gasteiger partial charge in [-0.3, -0.25) is 4.79 Å². The zero-order valence-electron chi connectivity index (χ0n) is 10.7. The van der Waals surface area contributed by atoms with Gasteiger partial charge in [0.1, 0.15) is 0 Å². The average molecular weight is 293 g/mol. The molecule has 0 aromatic heterocycles. The van der Waals surface area contributed by atoms with E-state index in [1.54, 1.807) is 0 Å². The molecule has 6 heteroatoms. The fourth-order valence-electron chi connectivity index (χ4n) is 1.74. The third-order valence-corrected chi connectivity index (χ3v) is 5.72. The maximum absolute atomic E-state index is 11.4. The molecule has 1 fully saturated rings. The minimum atomic E-state index is 0.0331. The first-order valence-electron chi connectivity index (χ1n) is 6.56. The first-order chi connectivity index (χ1) is 8.83. The summed E-state index contributed by atoms with van der Waals surface area (Å²) in [5.41, 5.74) is 0. The standard InChI is InChI=1S/C12H23NO3S2/c14-7-9-16-8-6-13-12(15)4-2-1-3-11-5-10-17-18-11/h11,14H,1-10H2,(H,13,15)/t11-/m1/s1. The molecule has 0 aliphatic carbocycles. The van der Waals surface area contributed by atoms with Crippen LogP contribution in [0.5, 0.6) is 0 Å². The minimum absolute atomic E-state index is 0.0331. The zero-order valence-corrected chi connectivity index (χ0v) is 12.4. The molecule has 1 rings (SSSR count). The van der Waals surface area contributed by atoms with Crippen molar-refractivity contribution < 1.29 is 14.6 Å². The third kappa shape index (κ3) is 8.24. The highest BCUT2D eigenvalue weighted by molar-refractivity contribution is 8.77. The fourth-order valence-corrected chi connectivity index (χ4v) is 4.77. The van der Waals surface area contributed by atoms with Crippen LogP contribution >= 0.6 is 21.6 Å². The lowest BCUT2D eigenvalue weighted by Gasteiger charge is -2.07. The van der Waals surface area contributed by atoms with E-state index in [0.717, 1.165) is 18.1 Å². The molecule has 1 saturated heterocycles. The summed E-state index contributed by atoms with van der Waals surface area (Å²) in [4.78, 5) is 11.4. The lowest BCUT2D eigenvalue weighted by atomic mass is 10.1. The largest absolute Gasteiger partial charge is 0.394 e. The van der Waals surface area contributed by atoms with Crippen molar-refractivity contribution in [3.63, 3.8) is 0 Å². The third-order valence-electron chi connectivity index (χ3n) is 2.71. The van der Waals surface area contributed by atoms with E-state index in [1.807, 2.05) is 21.6 Å². The molecule has 1 atom stereocenters. The number of carbonyl (C=O) groups excluding carboxylic acids is 1. The normalized spacial score (nSPS) is 19.1. The molecule has 2 N–H and O–H groups in total. The summed E-state index contributed by atoms with van der Waals surface area (Å²) in [6, 6.07) is 0. The minimum Gasteiger partial charge on any atom is -0.394 e. The molecule has 4 nitrogen and oxygen atoms in total. The van der Waals surface area contributed by atoms with Crippen LogP contribution in [0.1, 0.15) is 32.1 Å². The monoisotopic (exact) mass is 293 g/mol. The molecule has 0 bridgehead atoms. The summed E-state index contributed by atoms with van der Waals surface area (Å²) in [6.07, 6.45) is 5.30. The van der Waals surface area contributed by atoms with Crippen LogP contribution in [-0.2, 0) is 9.53 Å². The van der Waals surface area contributed by atoms with E-state index in [-0.39, 0.29) is 12.5 Å². The van der Waals surface area contributed by atoms with Gasteiger partial charge in [-0.25, -0.2) is 0 Å². The smallest absolute Gasteiger partial charge is 0.220 e. The molecule has 0 spiro atoms. The molecular formula is C12H23NO3S2. The average Bonchev–Trinajstić information content (AvgIpc) is 2.87. The van der Waals surface area contributed by atoms with Gasteiger partial charge in [-0.1, -0.05) is 28.0 Å². The molecule has 0 unspecified atom stereocenters. The predicted molar refractivity (Wildman–Crippen MR) is 77.8 cm³/mol. The SMILES string of the molecule is O=C(CCCC[C@@H]1CCSS1)NCCOCCO. The van der Waals surface area contributed by atoms with Crippen LogP contribution in [0.25, 0.3) is 0 Å². The first-order valence-corrected chi connectivity index (χ1v) is 8.94. The van der Waals surface area contributed by atoms with Crippen LogP contribution in [0.3, 0.4) is 0 Å². The van der Waals surface area contributed by atoms with Gasteiger partial charge < -0.3 is 15.2 Å². The number of nitrogens with one attached hydrogen (secondary N) is 1. The molecule has 1 aliphatic rings. The summed E-state index contributed by atoms with van der Waals surface area (Å²) in [5, 5.41) is 12.1. The summed E-state index contributed by atoms with van der Waals surface area (Å²) in [7, 11) is 3.97. The Balaban J connectivity index is 1.84. The highest BCUT2D eigenvalue weighted by Gasteiger charge is 2.15. The van der Waals surface area contributed by atoms with E-state index in [4.69, 9.17) is 9.84 Å². The predicted octanol–water partition coefficient (Wildman–Crippen LogP) is 1.83. The molecule has 18 heavy (non-hydrogen) atoms. The molecular weight excluding hydrogens is 270 g/mol. The Kier molecular flexibility index (Phi) is 9.83. The summed E-state index contributed by atoms with van der Waals surface area (Å²) < 4.78 is 5.06. The van der Waals surface area contributed by atoms with Crippen molar-refractivity contribution in [3.05, 3.63) is 0 Å². The second-order valence-electron chi connectivity index (χ2n) is 4.26. The Morgan fingerprint density at radius 2 is 2.28 bits per heavy atom. The Morgan fingerprint density at radius 1 is 1.39 bits per heavy atom. The van der Waals surface area contributed by atoms with E-state index in [2.05, 4.69) is 5.32 Å². The first kappa shape index (κ1) is 16.1. The van der Waals surface area contributed by atoms with Crippen LogP contribution in [0, 0.1) is 0 Å². The maximum Gasteiger partial charge on any atom is 0.220 e. The topological polar surface area (TPSA) is 58.6 Å². The van der Waals surface area contributed by atoms with Gasteiger partial charge in [-0.05, 0) is 19.3 Å². The van der Waals surface area contributed by atoms with Gasteiger partial charge in [-0.2, -0.15) is 0 Å². The van der Waals surface area contributed by atoms with Crippen molar-refractivity contribution in [1.29, 1.82) is 0 Å². The van der Waals surface area contributed by atoms with Gasteiger partial charge in [0.25, 0.3) is 0 Å². The molecule has 106 valence electrons. The van der Waals surface area contributed by atoms with Crippen LogP contribution in [0.4, 0.5) is 0 Å². The van der Waals surface area contributed by atoms with Gasteiger partial charge >= 0.3 is 0 Å². The number of hydrogen-bond acceptors (Lipinski definition) is 5. The highest BCUT2D eigenvalue weighted by atomic mass is 33.1. The van der Waals surface area contributed by atoms with Crippen molar-refractivity contribution in [2.45, 2.75) is 37.4 Å². The number of hydrogen-bond donors (Lipinski definition) is 2. The second-order valence-corrected chi connectivity index (χ2v) is 7.05. The van der Waals surface area contributed by atoms with Crippen LogP contribution in [-0.4, -0.2) is 48.4 Å². The van der Waals surface area contributed by atoms with Crippen LogP contribution in [0.15, 0.2) is 0 Å². The highest BCUT2D eigenvalue weighted by Crippen LogP contribution is 2.39. The Labute approximate surface area is 117 Å². The zero-order chi connectivity index (χ0) is 13.1. The lowest BCUT2D eigenvalue weighted by Crippen LogP contribution is -2.27. The van der Waals surface area contributed by atoms with E-state index >= 15 is 0 Å². The Morgan fingerprint density at radius 3 is 3.00 bits per heavy atom. The van der Waals surface area contributed by atoms with Crippen LogP contribution < -0.4 is 5.32 Å². The van der Waals surface area contributed by atoms with Gasteiger partial charge in [0, 0.05) is 24.0 Å². The van der Waals surface area contributed by atoms with Crippen molar-refractivity contribution in [3.8, 4) is 0 Å². The molecule has 0 aromatic rings. The van der Waals surface area contributed by atoms with Crippen LogP contribution in [0.2, 0.25) is 0 Å². The molecule has 0 saturated carbocycles. The molecule has 0 radical (unpaired) electrons. The Hall–Kier alpha value is 0.0900. The number of aliphatic hydroxyl groups excluding tert-OH is 1. The van der Waals surface area contributed by atoms with E-state index in [9.17, 15) is 4.79 Å². The summed E-state index contributed by atoms with van der Waals surface area (Å²) in [6.45, 7) is 1.38. The number of amides is 1. The quantitative estimate of drug-likeness (QED) is 0.475. The van der Waals surface area contributed by atoms with E-state index in [1.165, 1.54) is 18.6 Å². The maximum atomic E-state index is 11.4. The van der Waals surface area contributed by atoms with Crippen molar-refractivity contribution in [2.75, 3.05) is 32.1 Å². The van der Waals surface area contributed by atoms with E-state index < -0.39 is 0 Å². The number of aliphatic hydroxyl groups is 1. The summed E-state index contributed by atoms with van der Waals surface area (Å²) in [5.74, 6) is 1.39. The van der Waals surface area contributed by atoms with Crippen molar-refractivity contribution >= 4 is 27.5 Å². The number of carbonyl (C=O) groups is 1. The van der Waals surface area contributed by atoms with Crippen molar-refractivity contribution in [2.24, 2.45) is 0 Å². The second kappa shape index (κ2) is 11.0. The summed E-state index contributed by atoms with van der Waals surface area (Å²) >= 11 is 0. The Bertz CT molecular complexity index is 223. The number of unbranched alkanes of at least 4 members (excludes halogenated alkanes) is 1. The molecule has 1 amide bonds. The van der Waals surface area contributed by atoms with Gasteiger partial charge in [0.05, 0.1) is 19.8 Å². The fraction of sp³-hybridized carbons (Fsp3) is 0.917. The molecule has 0 aromatic carbocycles. The number of rotatable bonds is 10. The number of ether oxygens (including phenoxy) is 1. The van der Waals surface area contributed by atoms with Crippen molar-refractivity contribution in [1.82, 2.24) is 5.32 Å². The molecule has 1 heterocycles.